The number of nitro groups is 2. The lowest BCUT2D eigenvalue weighted by molar-refractivity contribution is -0.386. The third kappa shape index (κ3) is 6.42. The van der Waals surface area contributed by atoms with E-state index in [1.165, 1.54) is 36.5 Å². The molecule has 5 aromatic rings. The molecular weight excluding hydrogens is 614 g/mol. The van der Waals surface area contributed by atoms with Crippen molar-refractivity contribution in [2.45, 2.75) is 33.3 Å². The SMILES string of the molecule is COc1cc(C)c(-c2nc3ccccc3c(=O)n2N=Cc2cc(Cl)cc([N+](=O)[O-])c2OCc2ccc([N+](=O)[O-])cc2)cc1C(C)C. The van der Waals surface area contributed by atoms with Gasteiger partial charge in [-0.15, -0.1) is 0 Å². The van der Waals surface area contributed by atoms with Crippen LogP contribution in [-0.2, 0) is 6.61 Å². The molecular formula is C33H28ClN5O7. The summed E-state index contributed by atoms with van der Waals surface area (Å²) in [6.07, 6.45) is 1.26. The zero-order chi connectivity index (χ0) is 33.1. The first-order valence-corrected chi connectivity index (χ1v) is 14.5. The molecule has 0 N–H and O–H groups in total. The number of nitrogens with zero attached hydrogens (tertiary/aromatic N) is 5. The first-order chi connectivity index (χ1) is 22.0. The van der Waals surface area contributed by atoms with Crippen LogP contribution in [0, 0.1) is 27.2 Å². The van der Waals surface area contributed by atoms with Gasteiger partial charge >= 0.3 is 5.69 Å². The normalized spacial score (nSPS) is 11.3. The molecule has 12 nitrogen and oxygen atoms in total. The molecule has 0 aliphatic rings. The van der Waals surface area contributed by atoms with Crippen LogP contribution >= 0.6 is 11.6 Å². The van der Waals surface area contributed by atoms with E-state index in [4.69, 9.17) is 26.1 Å². The van der Waals surface area contributed by atoms with Crippen LogP contribution in [0.2, 0.25) is 5.02 Å². The van der Waals surface area contributed by atoms with Crippen molar-refractivity contribution in [2.24, 2.45) is 5.10 Å². The Labute approximate surface area is 267 Å². The van der Waals surface area contributed by atoms with Crippen LogP contribution in [0.25, 0.3) is 22.3 Å². The van der Waals surface area contributed by atoms with Gasteiger partial charge in [-0.3, -0.25) is 25.0 Å². The van der Waals surface area contributed by atoms with E-state index in [-0.39, 0.29) is 40.4 Å². The molecule has 0 aliphatic carbocycles. The number of para-hydroxylation sites is 1. The van der Waals surface area contributed by atoms with Crippen molar-refractivity contribution in [2.75, 3.05) is 7.11 Å². The van der Waals surface area contributed by atoms with Crippen molar-refractivity contribution >= 4 is 40.1 Å². The third-order valence-electron chi connectivity index (χ3n) is 7.30. The van der Waals surface area contributed by atoms with Gasteiger partial charge in [0.05, 0.1) is 34.1 Å². The Morgan fingerprint density at radius 3 is 2.39 bits per heavy atom. The van der Waals surface area contributed by atoms with E-state index < -0.39 is 21.1 Å². The Bertz CT molecular complexity index is 2070. The van der Waals surface area contributed by atoms with Crippen molar-refractivity contribution in [3.8, 4) is 22.9 Å². The van der Waals surface area contributed by atoms with Gasteiger partial charge in [0.15, 0.2) is 5.82 Å². The summed E-state index contributed by atoms with van der Waals surface area (Å²) in [6.45, 7) is 5.79. The summed E-state index contributed by atoms with van der Waals surface area (Å²) in [5.74, 6) is 0.908. The van der Waals surface area contributed by atoms with E-state index >= 15 is 0 Å². The monoisotopic (exact) mass is 641 g/mol. The Morgan fingerprint density at radius 2 is 1.74 bits per heavy atom. The maximum atomic E-state index is 13.9. The molecule has 0 radical (unpaired) electrons. The van der Waals surface area contributed by atoms with Crippen LogP contribution in [-0.4, -0.2) is 32.8 Å². The number of non-ortho nitro benzene ring substituents is 1. The second-order valence-corrected chi connectivity index (χ2v) is 11.1. The molecule has 46 heavy (non-hydrogen) atoms. The van der Waals surface area contributed by atoms with Gasteiger partial charge in [-0.25, -0.2) is 4.98 Å². The van der Waals surface area contributed by atoms with E-state index in [0.29, 0.717) is 27.8 Å². The first-order valence-electron chi connectivity index (χ1n) is 14.1. The number of hydrogen-bond donors (Lipinski definition) is 0. The molecule has 13 heteroatoms. The molecule has 4 aromatic carbocycles. The number of methoxy groups -OCH3 is 1. The van der Waals surface area contributed by atoms with Crippen LogP contribution in [0.5, 0.6) is 11.5 Å². The van der Waals surface area contributed by atoms with Gasteiger partial charge in [0.1, 0.15) is 12.4 Å². The Balaban J connectivity index is 1.66. The smallest absolute Gasteiger partial charge is 0.313 e. The largest absolute Gasteiger partial charge is 0.496 e. The zero-order valence-corrected chi connectivity index (χ0v) is 26.0. The minimum Gasteiger partial charge on any atom is -0.496 e. The van der Waals surface area contributed by atoms with Crippen molar-refractivity contribution in [3.63, 3.8) is 0 Å². The maximum absolute atomic E-state index is 13.9. The van der Waals surface area contributed by atoms with Gasteiger partial charge in [-0.05, 0) is 72.0 Å². The predicted octanol–water partition coefficient (Wildman–Crippen LogP) is 7.43. The fraction of sp³-hybridized carbons (Fsp3) is 0.182. The van der Waals surface area contributed by atoms with Crippen LogP contribution in [0.3, 0.4) is 0 Å². The highest BCUT2D eigenvalue weighted by molar-refractivity contribution is 6.31. The fourth-order valence-electron chi connectivity index (χ4n) is 4.95. The van der Waals surface area contributed by atoms with Gasteiger partial charge in [0.2, 0.25) is 5.75 Å². The van der Waals surface area contributed by atoms with Crippen molar-refractivity contribution in [1.82, 2.24) is 9.66 Å². The highest BCUT2D eigenvalue weighted by atomic mass is 35.5. The summed E-state index contributed by atoms with van der Waals surface area (Å²) >= 11 is 6.27. The molecule has 234 valence electrons. The standard InChI is InChI=1S/C33H28ClN5O7/c1-19(2)26-16-27(20(3)13-30(26)45-4)32-36-28-8-6-5-7-25(28)33(40)37(32)35-17-22-14-23(34)15-29(39(43)44)31(22)46-18-21-9-11-24(12-10-21)38(41)42/h5-17,19H,18H2,1-4H3. The number of aromatic nitrogens is 2. The molecule has 5 rings (SSSR count). The Hall–Kier alpha value is -5.62. The fourth-order valence-corrected chi connectivity index (χ4v) is 5.17. The molecule has 0 bridgehead atoms. The van der Waals surface area contributed by atoms with E-state index in [1.54, 1.807) is 31.4 Å². The first kappa shape index (κ1) is 31.8. The molecule has 0 saturated heterocycles. The number of halogens is 1. The quantitative estimate of drug-likeness (QED) is 0.0866. The highest BCUT2D eigenvalue weighted by Gasteiger charge is 2.22. The number of hydrogen-bond acceptors (Lipinski definition) is 9. The second kappa shape index (κ2) is 13.2. The molecule has 1 heterocycles. The summed E-state index contributed by atoms with van der Waals surface area (Å²) in [7, 11) is 1.60. The predicted molar refractivity (Wildman–Crippen MR) is 175 cm³/mol. The number of nitro benzene ring substituents is 2. The summed E-state index contributed by atoms with van der Waals surface area (Å²) < 4.78 is 12.6. The third-order valence-corrected chi connectivity index (χ3v) is 7.51. The molecule has 1 aromatic heterocycles. The van der Waals surface area contributed by atoms with Gasteiger partial charge in [-0.2, -0.15) is 9.78 Å². The second-order valence-electron chi connectivity index (χ2n) is 10.7. The summed E-state index contributed by atoms with van der Waals surface area (Å²) in [6, 6.07) is 18.9. The topological polar surface area (TPSA) is 152 Å². The summed E-state index contributed by atoms with van der Waals surface area (Å²) in [4.78, 5) is 40.6. The maximum Gasteiger partial charge on any atom is 0.313 e. The lowest BCUT2D eigenvalue weighted by Crippen LogP contribution is -2.21. The van der Waals surface area contributed by atoms with Crippen LogP contribution < -0.4 is 15.0 Å². The van der Waals surface area contributed by atoms with E-state index in [1.807, 2.05) is 32.9 Å². The van der Waals surface area contributed by atoms with Crippen molar-refractivity contribution in [3.05, 3.63) is 131 Å². The van der Waals surface area contributed by atoms with Crippen LogP contribution in [0.4, 0.5) is 11.4 Å². The van der Waals surface area contributed by atoms with E-state index in [0.717, 1.165) is 21.9 Å². The number of rotatable bonds is 10. The van der Waals surface area contributed by atoms with Gasteiger partial charge in [-0.1, -0.05) is 37.6 Å². The molecule has 0 fully saturated rings. The van der Waals surface area contributed by atoms with Gasteiger partial charge in [0, 0.05) is 34.3 Å². The lowest BCUT2D eigenvalue weighted by atomic mass is 9.96. The Morgan fingerprint density at radius 1 is 1.02 bits per heavy atom. The van der Waals surface area contributed by atoms with E-state index in [9.17, 15) is 25.0 Å². The Kier molecular flexibility index (Phi) is 9.10. The number of aryl methyl sites for hydroxylation is 1. The lowest BCUT2D eigenvalue weighted by Gasteiger charge is -2.17. The van der Waals surface area contributed by atoms with Crippen LogP contribution in [0.1, 0.15) is 42.0 Å². The van der Waals surface area contributed by atoms with E-state index in [2.05, 4.69) is 5.10 Å². The molecule has 0 atom stereocenters. The van der Waals surface area contributed by atoms with Crippen molar-refractivity contribution < 1.29 is 19.3 Å². The average molecular weight is 642 g/mol. The molecule has 0 unspecified atom stereocenters. The zero-order valence-electron chi connectivity index (χ0n) is 25.3. The number of ether oxygens (including phenoxy) is 2. The van der Waals surface area contributed by atoms with Gasteiger partial charge < -0.3 is 9.47 Å². The molecule has 0 amide bonds. The summed E-state index contributed by atoms with van der Waals surface area (Å²) in [5, 5.41) is 27.9. The molecule has 0 saturated carbocycles. The number of benzene rings is 4. The average Bonchev–Trinajstić information content (AvgIpc) is 3.03. The summed E-state index contributed by atoms with van der Waals surface area (Å²) in [5.41, 5.74) is 2.50. The highest BCUT2D eigenvalue weighted by Crippen LogP contribution is 2.36. The van der Waals surface area contributed by atoms with Crippen molar-refractivity contribution in [1.29, 1.82) is 0 Å². The molecule has 0 spiro atoms. The van der Waals surface area contributed by atoms with Crippen LogP contribution in [0.15, 0.2) is 82.7 Å². The minimum atomic E-state index is -0.641. The number of fused-ring (bicyclic) bond motifs is 1. The minimum absolute atomic E-state index is 0.0487. The molecule has 0 aliphatic heterocycles. The van der Waals surface area contributed by atoms with Gasteiger partial charge in [0.25, 0.3) is 11.2 Å².